The van der Waals surface area contributed by atoms with E-state index < -0.39 is 10.8 Å². The minimum atomic E-state index is -0.754. The average molecular weight is 380 g/mol. The van der Waals surface area contributed by atoms with Crippen LogP contribution in [0.1, 0.15) is 15.9 Å². The van der Waals surface area contributed by atoms with E-state index in [1.165, 1.54) is 12.1 Å². The number of hydrogen-bond acceptors (Lipinski definition) is 5. The number of primary amides is 1. The van der Waals surface area contributed by atoms with Crippen molar-refractivity contribution in [3.05, 3.63) is 62.7 Å². The van der Waals surface area contributed by atoms with Gasteiger partial charge in [0, 0.05) is 22.3 Å². The predicted molar refractivity (Wildman–Crippen MR) is 97.2 cm³/mol. The van der Waals surface area contributed by atoms with Gasteiger partial charge in [-0.15, -0.1) is 11.8 Å². The van der Waals surface area contributed by atoms with Crippen LogP contribution in [0, 0.1) is 17.0 Å². The number of thioether (sulfide) groups is 1. The lowest BCUT2D eigenvalue weighted by molar-refractivity contribution is -0.387. The molecule has 0 unspecified atom stereocenters. The molecule has 25 heavy (non-hydrogen) atoms. The van der Waals surface area contributed by atoms with Gasteiger partial charge < -0.3 is 11.1 Å². The summed E-state index contributed by atoms with van der Waals surface area (Å²) in [7, 11) is 0. The third-order valence-corrected chi connectivity index (χ3v) is 4.56. The normalized spacial score (nSPS) is 10.3. The Labute approximate surface area is 152 Å². The molecule has 0 fully saturated rings. The van der Waals surface area contributed by atoms with Crippen molar-refractivity contribution >= 4 is 46.6 Å². The smallest absolute Gasteiger partial charge is 0.283 e. The number of halogens is 1. The fourth-order valence-electron chi connectivity index (χ4n) is 2.03. The molecule has 3 N–H and O–H groups in total. The van der Waals surface area contributed by atoms with Gasteiger partial charge in [-0.05, 0) is 42.8 Å². The SMILES string of the molecule is Cc1cc(Cl)ccc1NC(=O)CSc1ccc(C(N)=O)cc1[N+](=O)[O-]. The number of rotatable bonds is 6. The number of nitro groups is 1. The maximum absolute atomic E-state index is 12.1. The predicted octanol–water partition coefficient (Wildman–Crippen LogP) is 3.39. The van der Waals surface area contributed by atoms with E-state index in [9.17, 15) is 19.7 Å². The maximum atomic E-state index is 12.1. The summed E-state index contributed by atoms with van der Waals surface area (Å²) < 4.78 is 0. The topological polar surface area (TPSA) is 115 Å². The highest BCUT2D eigenvalue weighted by molar-refractivity contribution is 8.00. The van der Waals surface area contributed by atoms with Gasteiger partial charge in [0.15, 0.2) is 0 Å². The molecule has 2 amide bonds. The van der Waals surface area contributed by atoms with Crippen molar-refractivity contribution in [1.29, 1.82) is 0 Å². The third-order valence-electron chi connectivity index (χ3n) is 3.26. The van der Waals surface area contributed by atoms with E-state index in [1.54, 1.807) is 18.2 Å². The second-order valence-electron chi connectivity index (χ2n) is 5.10. The summed E-state index contributed by atoms with van der Waals surface area (Å²) in [6.45, 7) is 1.81. The molecule has 9 heteroatoms. The van der Waals surface area contributed by atoms with E-state index in [2.05, 4.69) is 5.32 Å². The van der Waals surface area contributed by atoms with E-state index in [1.807, 2.05) is 6.92 Å². The lowest BCUT2D eigenvalue weighted by Gasteiger charge is -2.09. The van der Waals surface area contributed by atoms with E-state index in [4.69, 9.17) is 17.3 Å². The van der Waals surface area contributed by atoms with Crippen LogP contribution in [0.5, 0.6) is 0 Å². The number of nitrogens with one attached hydrogen (secondary N) is 1. The third kappa shape index (κ3) is 4.94. The van der Waals surface area contributed by atoms with Crippen molar-refractivity contribution in [2.45, 2.75) is 11.8 Å². The zero-order valence-corrected chi connectivity index (χ0v) is 14.7. The Hall–Kier alpha value is -2.58. The van der Waals surface area contributed by atoms with Gasteiger partial charge in [0.25, 0.3) is 5.69 Å². The second-order valence-corrected chi connectivity index (χ2v) is 6.55. The summed E-state index contributed by atoms with van der Waals surface area (Å²) >= 11 is 6.86. The standard InChI is InChI=1S/C16H14ClN3O4S/c1-9-6-11(17)3-4-12(9)19-15(21)8-25-14-5-2-10(16(18)22)7-13(14)20(23)24/h2-7H,8H2,1H3,(H2,18,22)(H,19,21). The van der Waals surface area contributed by atoms with Gasteiger partial charge in [-0.25, -0.2) is 0 Å². The summed E-state index contributed by atoms with van der Waals surface area (Å²) in [6, 6.07) is 8.96. The van der Waals surface area contributed by atoms with Crippen LogP contribution >= 0.6 is 23.4 Å². The number of hydrogen-bond donors (Lipinski definition) is 2. The monoisotopic (exact) mass is 379 g/mol. The number of carbonyl (C=O) groups excluding carboxylic acids is 2. The number of nitro benzene ring substituents is 1. The minimum absolute atomic E-state index is 0.0289. The van der Waals surface area contributed by atoms with Crippen LogP contribution in [-0.2, 0) is 4.79 Å². The van der Waals surface area contributed by atoms with Crippen molar-refractivity contribution in [2.75, 3.05) is 11.1 Å². The van der Waals surface area contributed by atoms with E-state index in [-0.39, 0.29) is 27.8 Å². The lowest BCUT2D eigenvalue weighted by Crippen LogP contribution is -2.15. The van der Waals surface area contributed by atoms with Gasteiger partial charge in [-0.3, -0.25) is 19.7 Å². The van der Waals surface area contributed by atoms with Crippen LogP contribution in [0.4, 0.5) is 11.4 Å². The van der Waals surface area contributed by atoms with Crippen molar-refractivity contribution in [1.82, 2.24) is 0 Å². The second kappa shape index (κ2) is 8.00. The summed E-state index contributed by atoms with van der Waals surface area (Å²) in [6.07, 6.45) is 0. The molecule has 0 radical (unpaired) electrons. The highest BCUT2D eigenvalue weighted by Crippen LogP contribution is 2.30. The van der Waals surface area contributed by atoms with Crippen LogP contribution in [0.25, 0.3) is 0 Å². The fraction of sp³-hybridized carbons (Fsp3) is 0.125. The molecule has 0 bridgehead atoms. The number of nitrogens with zero attached hydrogens (tertiary/aromatic N) is 1. The molecule has 0 aromatic heterocycles. The largest absolute Gasteiger partial charge is 0.366 e. The molecule has 0 aliphatic carbocycles. The molecular weight excluding hydrogens is 366 g/mol. The molecule has 0 atom stereocenters. The summed E-state index contributed by atoms with van der Waals surface area (Å²) in [4.78, 5) is 34.0. The summed E-state index contributed by atoms with van der Waals surface area (Å²) in [5.41, 5.74) is 6.32. The number of aryl methyl sites for hydroxylation is 1. The van der Waals surface area contributed by atoms with Gasteiger partial charge in [0.05, 0.1) is 15.6 Å². The van der Waals surface area contributed by atoms with Crippen LogP contribution in [0.3, 0.4) is 0 Å². The molecule has 130 valence electrons. The molecule has 0 saturated carbocycles. The molecule has 2 aromatic carbocycles. The van der Waals surface area contributed by atoms with Crippen molar-refractivity contribution in [2.24, 2.45) is 5.73 Å². The molecule has 0 aliphatic rings. The molecule has 0 saturated heterocycles. The Morgan fingerprint density at radius 2 is 2.00 bits per heavy atom. The van der Waals surface area contributed by atoms with Gasteiger partial charge in [-0.1, -0.05) is 11.6 Å². The van der Waals surface area contributed by atoms with Gasteiger partial charge >= 0.3 is 0 Å². The number of anilines is 1. The zero-order chi connectivity index (χ0) is 18.6. The van der Waals surface area contributed by atoms with E-state index in [0.29, 0.717) is 10.7 Å². The molecule has 0 heterocycles. The Bertz CT molecular complexity index is 857. The quantitative estimate of drug-likeness (QED) is 0.453. The first-order valence-electron chi connectivity index (χ1n) is 7.05. The Kier molecular flexibility index (Phi) is 6.00. The summed E-state index contributed by atoms with van der Waals surface area (Å²) in [5, 5.41) is 14.4. The Morgan fingerprint density at radius 1 is 1.28 bits per heavy atom. The van der Waals surface area contributed by atoms with Gasteiger partial charge in [-0.2, -0.15) is 0 Å². The molecule has 0 aliphatic heterocycles. The molecule has 2 rings (SSSR count). The van der Waals surface area contributed by atoms with Crippen LogP contribution in [0.15, 0.2) is 41.3 Å². The minimum Gasteiger partial charge on any atom is -0.366 e. The van der Waals surface area contributed by atoms with E-state index in [0.717, 1.165) is 23.4 Å². The van der Waals surface area contributed by atoms with Crippen molar-refractivity contribution < 1.29 is 14.5 Å². The van der Waals surface area contributed by atoms with Crippen LogP contribution in [0.2, 0.25) is 5.02 Å². The number of amides is 2. The van der Waals surface area contributed by atoms with E-state index >= 15 is 0 Å². The highest BCUT2D eigenvalue weighted by atomic mass is 35.5. The van der Waals surface area contributed by atoms with Crippen molar-refractivity contribution in [3.8, 4) is 0 Å². The molecule has 7 nitrogen and oxygen atoms in total. The fourth-order valence-corrected chi connectivity index (χ4v) is 3.06. The molecular formula is C16H14ClN3O4S. The zero-order valence-electron chi connectivity index (χ0n) is 13.1. The summed E-state index contributed by atoms with van der Waals surface area (Å²) in [5.74, 6) is -1.10. The first-order valence-corrected chi connectivity index (χ1v) is 8.41. The number of benzene rings is 2. The number of nitrogens with two attached hydrogens (primary N) is 1. The van der Waals surface area contributed by atoms with Crippen LogP contribution in [-0.4, -0.2) is 22.5 Å². The maximum Gasteiger partial charge on any atom is 0.283 e. The molecule has 0 spiro atoms. The number of carbonyl (C=O) groups is 2. The highest BCUT2D eigenvalue weighted by Gasteiger charge is 2.18. The first kappa shape index (κ1) is 18.8. The average Bonchev–Trinajstić information content (AvgIpc) is 2.55. The first-order chi connectivity index (χ1) is 11.8. The Balaban J connectivity index is 2.08. The van der Waals surface area contributed by atoms with Gasteiger partial charge in [0.1, 0.15) is 0 Å². The van der Waals surface area contributed by atoms with Crippen LogP contribution < -0.4 is 11.1 Å². The van der Waals surface area contributed by atoms with Crippen molar-refractivity contribution in [3.63, 3.8) is 0 Å². The lowest BCUT2D eigenvalue weighted by atomic mass is 10.2. The Morgan fingerprint density at radius 3 is 2.60 bits per heavy atom. The molecule has 2 aromatic rings. The van der Waals surface area contributed by atoms with Gasteiger partial charge in [0.2, 0.25) is 11.8 Å².